The highest BCUT2D eigenvalue weighted by atomic mass is 16.6. The molecule has 0 fully saturated rings. The molecule has 2 rings (SSSR count). The lowest BCUT2D eigenvalue weighted by Gasteiger charge is -2.13. The number of phenolic OH excluding ortho intramolecular Hbond substituents is 1. The monoisotopic (exact) mass is 287 g/mol. The van der Waals surface area contributed by atoms with Crippen LogP contribution in [0.15, 0.2) is 48.5 Å². The van der Waals surface area contributed by atoms with E-state index in [2.05, 4.69) is 5.32 Å². The van der Waals surface area contributed by atoms with Gasteiger partial charge in [-0.15, -0.1) is 0 Å². The number of amides is 1. The van der Waals surface area contributed by atoms with Crippen LogP contribution in [0.1, 0.15) is 11.6 Å². The topological polar surface area (TPSA) is 118 Å². The largest absolute Gasteiger partial charge is 0.506 e. The zero-order chi connectivity index (χ0) is 15.4. The van der Waals surface area contributed by atoms with Crippen molar-refractivity contribution in [2.24, 2.45) is 5.73 Å². The first-order valence-corrected chi connectivity index (χ1v) is 6.08. The number of anilines is 1. The molecule has 7 nitrogen and oxygen atoms in total. The van der Waals surface area contributed by atoms with E-state index in [4.69, 9.17) is 5.73 Å². The van der Waals surface area contributed by atoms with E-state index in [0.717, 1.165) is 6.07 Å². The fourth-order valence-corrected chi connectivity index (χ4v) is 1.76. The summed E-state index contributed by atoms with van der Waals surface area (Å²) in [5.41, 5.74) is 6.24. The van der Waals surface area contributed by atoms with Gasteiger partial charge in [0.1, 0.15) is 11.8 Å². The third kappa shape index (κ3) is 3.34. The van der Waals surface area contributed by atoms with Crippen LogP contribution < -0.4 is 11.1 Å². The first-order valence-electron chi connectivity index (χ1n) is 6.08. The molecule has 0 aliphatic carbocycles. The Hall–Kier alpha value is -2.93. The SMILES string of the molecule is N[C@H](C(=O)Nc1ccc([N+](=O)[O-])cc1O)c1ccccc1. The summed E-state index contributed by atoms with van der Waals surface area (Å²) in [6.45, 7) is 0. The van der Waals surface area contributed by atoms with Crippen molar-refractivity contribution in [1.82, 2.24) is 0 Å². The second-order valence-corrected chi connectivity index (χ2v) is 4.34. The number of carbonyl (C=O) groups excluding carboxylic acids is 1. The van der Waals surface area contributed by atoms with E-state index in [0.29, 0.717) is 5.56 Å². The molecule has 1 amide bonds. The van der Waals surface area contributed by atoms with Gasteiger partial charge in [-0.1, -0.05) is 30.3 Å². The average Bonchev–Trinajstić information content (AvgIpc) is 2.49. The fourth-order valence-electron chi connectivity index (χ4n) is 1.76. The smallest absolute Gasteiger partial charge is 0.273 e. The number of nitro groups is 1. The number of phenols is 1. The number of non-ortho nitro benzene ring substituents is 1. The van der Waals surface area contributed by atoms with Gasteiger partial charge < -0.3 is 16.2 Å². The van der Waals surface area contributed by atoms with Crippen LogP contribution in [0.2, 0.25) is 0 Å². The maximum Gasteiger partial charge on any atom is 0.273 e. The van der Waals surface area contributed by atoms with Crippen LogP contribution >= 0.6 is 0 Å². The molecule has 2 aromatic rings. The van der Waals surface area contributed by atoms with E-state index < -0.39 is 22.6 Å². The van der Waals surface area contributed by atoms with Gasteiger partial charge in [0.2, 0.25) is 5.91 Å². The third-order valence-electron chi connectivity index (χ3n) is 2.89. The van der Waals surface area contributed by atoms with Gasteiger partial charge in [0.05, 0.1) is 16.7 Å². The number of hydrogen-bond acceptors (Lipinski definition) is 5. The van der Waals surface area contributed by atoms with Crippen molar-refractivity contribution in [2.45, 2.75) is 6.04 Å². The Labute approximate surface area is 120 Å². The van der Waals surface area contributed by atoms with Crippen LogP contribution in [0, 0.1) is 10.1 Å². The van der Waals surface area contributed by atoms with Crippen molar-refractivity contribution in [3.05, 3.63) is 64.2 Å². The van der Waals surface area contributed by atoms with Gasteiger partial charge in [0.25, 0.3) is 5.69 Å². The summed E-state index contributed by atoms with van der Waals surface area (Å²) in [6.07, 6.45) is 0. The first-order chi connectivity index (χ1) is 9.99. The molecule has 0 saturated carbocycles. The van der Waals surface area contributed by atoms with Crippen molar-refractivity contribution in [1.29, 1.82) is 0 Å². The number of hydrogen-bond donors (Lipinski definition) is 3. The number of nitro benzene ring substituents is 1. The van der Waals surface area contributed by atoms with Crippen LogP contribution in [0.5, 0.6) is 5.75 Å². The van der Waals surface area contributed by atoms with Crippen molar-refractivity contribution in [3.63, 3.8) is 0 Å². The number of rotatable bonds is 4. The zero-order valence-corrected chi connectivity index (χ0v) is 10.9. The zero-order valence-electron chi connectivity index (χ0n) is 10.9. The molecule has 0 aliphatic rings. The summed E-state index contributed by atoms with van der Waals surface area (Å²) in [6, 6.07) is 11.2. The molecule has 0 spiro atoms. The molecule has 4 N–H and O–H groups in total. The summed E-state index contributed by atoms with van der Waals surface area (Å²) < 4.78 is 0. The molecule has 21 heavy (non-hydrogen) atoms. The van der Waals surface area contributed by atoms with Crippen molar-refractivity contribution in [3.8, 4) is 5.75 Å². The van der Waals surface area contributed by atoms with Crippen LogP contribution in [0.4, 0.5) is 11.4 Å². The van der Waals surface area contributed by atoms with Crippen molar-refractivity contribution < 1.29 is 14.8 Å². The molecule has 0 aliphatic heterocycles. The van der Waals surface area contributed by atoms with Crippen LogP contribution in [0.3, 0.4) is 0 Å². The van der Waals surface area contributed by atoms with E-state index in [-0.39, 0.29) is 11.4 Å². The van der Waals surface area contributed by atoms with E-state index in [9.17, 15) is 20.0 Å². The Bertz CT molecular complexity index is 673. The van der Waals surface area contributed by atoms with Crippen LogP contribution in [0.25, 0.3) is 0 Å². The summed E-state index contributed by atoms with van der Waals surface area (Å²) in [5, 5.41) is 22.7. The molecule has 1 atom stereocenters. The molecule has 0 bridgehead atoms. The molecular formula is C14H13N3O4. The molecule has 0 heterocycles. The quantitative estimate of drug-likeness (QED) is 0.451. The highest BCUT2D eigenvalue weighted by Gasteiger charge is 2.18. The molecule has 108 valence electrons. The van der Waals surface area contributed by atoms with E-state index >= 15 is 0 Å². The molecular weight excluding hydrogens is 274 g/mol. The van der Waals surface area contributed by atoms with Gasteiger partial charge >= 0.3 is 0 Å². The van der Waals surface area contributed by atoms with Gasteiger partial charge in [-0.25, -0.2) is 0 Å². The molecule has 0 saturated heterocycles. The van der Waals surface area contributed by atoms with Crippen LogP contribution in [-0.2, 0) is 4.79 Å². The van der Waals surface area contributed by atoms with E-state index in [1.807, 2.05) is 0 Å². The van der Waals surface area contributed by atoms with Gasteiger partial charge in [-0.3, -0.25) is 14.9 Å². The molecule has 0 radical (unpaired) electrons. The standard InChI is InChI=1S/C14H13N3O4/c15-13(9-4-2-1-3-5-9)14(19)16-11-7-6-10(17(20)21)8-12(11)18/h1-8,13,18H,15H2,(H,16,19)/t13-/m0/s1. The lowest BCUT2D eigenvalue weighted by Crippen LogP contribution is -2.27. The number of benzene rings is 2. The Balaban J connectivity index is 2.15. The lowest BCUT2D eigenvalue weighted by molar-refractivity contribution is -0.384. The maximum atomic E-state index is 12.0. The van der Waals surface area contributed by atoms with Gasteiger partial charge in [-0.05, 0) is 11.6 Å². The normalized spacial score (nSPS) is 11.7. The highest BCUT2D eigenvalue weighted by molar-refractivity contribution is 5.96. The Morgan fingerprint density at radius 2 is 1.90 bits per heavy atom. The number of carbonyl (C=O) groups is 1. The summed E-state index contributed by atoms with van der Waals surface area (Å²) >= 11 is 0. The van der Waals surface area contributed by atoms with Gasteiger partial charge in [0.15, 0.2) is 0 Å². The Kier molecular flexibility index (Phi) is 4.15. The minimum atomic E-state index is -0.902. The van der Waals surface area contributed by atoms with Crippen LogP contribution in [-0.4, -0.2) is 15.9 Å². The van der Waals surface area contributed by atoms with Crippen molar-refractivity contribution in [2.75, 3.05) is 5.32 Å². The highest BCUT2D eigenvalue weighted by Crippen LogP contribution is 2.28. The predicted molar refractivity (Wildman–Crippen MR) is 76.8 cm³/mol. The van der Waals surface area contributed by atoms with Crippen molar-refractivity contribution >= 4 is 17.3 Å². The molecule has 2 aromatic carbocycles. The fraction of sp³-hybridized carbons (Fsp3) is 0.0714. The maximum absolute atomic E-state index is 12.0. The van der Waals surface area contributed by atoms with Gasteiger partial charge in [-0.2, -0.15) is 0 Å². The summed E-state index contributed by atoms with van der Waals surface area (Å²) in [4.78, 5) is 21.9. The Morgan fingerprint density at radius 1 is 1.24 bits per heavy atom. The number of nitrogens with two attached hydrogens (primary N) is 1. The third-order valence-corrected chi connectivity index (χ3v) is 2.89. The molecule has 7 heteroatoms. The lowest BCUT2D eigenvalue weighted by atomic mass is 10.1. The summed E-state index contributed by atoms with van der Waals surface area (Å²) in [7, 11) is 0. The second kappa shape index (κ2) is 6.02. The Morgan fingerprint density at radius 3 is 2.48 bits per heavy atom. The minimum absolute atomic E-state index is 0.0666. The number of aromatic hydroxyl groups is 1. The predicted octanol–water partition coefficient (Wildman–Crippen LogP) is 1.94. The van der Waals surface area contributed by atoms with E-state index in [1.54, 1.807) is 30.3 Å². The summed E-state index contributed by atoms with van der Waals surface area (Å²) in [5.74, 6) is -0.914. The first kappa shape index (κ1) is 14.5. The second-order valence-electron chi connectivity index (χ2n) is 4.34. The minimum Gasteiger partial charge on any atom is -0.506 e. The average molecular weight is 287 g/mol. The van der Waals surface area contributed by atoms with E-state index in [1.165, 1.54) is 12.1 Å². The molecule has 0 aromatic heterocycles. The number of nitrogens with one attached hydrogen (secondary N) is 1. The van der Waals surface area contributed by atoms with Gasteiger partial charge in [0, 0.05) is 6.07 Å². The number of nitrogens with zero attached hydrogens (tertiary/aromatic N) is 1. The molecule has 0 unspecified atom stereocenters.